The van der Waals surface area contributed by atoms with Gasteiger partial charge >= 0.3 is 5.97 Å². The Bertz CT molecular complexity index is 724. The molecule has 0 saturated carbocycles. The molecule has 1 atom stereocenters. The summed E-state index contributed by atoms with van der Waals surface area (Å²) >= 11 is 12.0. The van der Waals surface area contributed by atoms with Crippen LogP contribution in [-0.4, -0.2) is 37.1 Å². The molecule has 0 spiro atoms. The van der Waals surface area contributed by atoms with Gasteiger partial charge in [0.2, 0.25) is 0 Å². The molecule has 0 radical (unpaired) electrons. The van der Waals surface area contributed by atoms with E-state index in [-0.39, 0.29) is 18.6 Å². The van der Waals surface area contributed by atoms with Gasteiger partial charge in [-0.2, -0.15) is 0 Å². The summed E-state index contributed by atoms with van der Waals surface area (Å²) in [5.74, 6) is -0.237. The van der Waals surface area contributed by atoms with Crippen LogP contribution in [0.5, 0.6) is 0 Å². The average molecular weight is 380 g/mol. The Labute approximate surface area is 157 Å². The molecule has 2 aromatic carbocycles. The molecule has 1 saturated heterocycles. The van der Waals surface area contributed by atoms with Crippen LogP contribution < -0.4 is 0 Å². The molecule has 1 fully saturated rings. The van der Waals surface area contributed by atoms with E-state index in [1.807, 2.05) is 47.4 Å². The summed E-state index contributed by atoms with van der Waals surface area (Å²) in [6.45, 7) is 2.39. The van der Waals surface area contributed by atoms with Crippen LogP contribution in [0.15, 0.2) is 48.5 Å². The molecule has 1 unspecified atom stereocenters. The first-order chi connectivity index (χ1) is 12.1. The van der Waals surface area contributed by atoms with E-state index in [1.165, 1.54) is 0 Å². The number of hydrogen-bond donors (Lipinski definition) is 0. The molecular weight excluding hydrogens is 361 g/mol. The number of carbonyl (C=O) groups excluding carboxylic acids is 1. The minimum absolute atomic E-state index is 0.134. The molecule has 0 aromatic heterocycles. The van der Waals surface area contributed by atoms with Crippen molar-refractivity contribution in [1.82, 2.24) is 4.90 Å². The van der Waals surface area contributed by atoms with Crippen molar-refractivity contribution >= 4 is 29.2 Å². The third-order valence-corrected chi connectivity index (χ3v) is 4.80. The Kier molecular flexibility index (Phi) is 6.32. The molecule has 132 valence electrons. The lowest BCUT2D eigenvalue weighted by molar-refractivity contribution is -0.148. The highest BCUT2D eigenvalue weighted by Crippen LogP contribution is 2.29. The number of rotatable bonds is 5. The fourth-order valence-corrected chi connectivity index (χ4v) is 3.03. The van der Waals surface area contributed by atoms with E-state index in [1.54, 1.807) is 6.07 Å². The SMILES string of the molecule is O=C(CN1CCOC(c2ccc(Cl)c(Cl)c2)C1)OCc1ccccc1. The van der Waals surface area contributed by atoms with E-state index < -0.39 is 0 Å². The molecule has 4 nitrogen and oxygen atoms in total. The predicted octanol–water partition coefficient (Wildman–Crippen LogP) is 4.11. The van der Waals surface area contributed by atoms with Gasteiger partial charge in [0.1, 0.15) is 6.61 Å². The van der Waals surface area contributed by atoms with Gasteiger partial charge in [0.25, 0.3) is 0 Å². The van der Waals surface area contributed by atoms with Gasteiger partial charge in [-0.1, -0.05) is 59.6 Å². The fourth-order valence-electron chi connectivity index (χ4n) is 2.73. The van der Waals surface area contributed by atoms with Crippen molar-refractivity contribution in [1.29, 1.82) is 0 Å². The minimum Gasteiger partial charge on any atom is -0.460 e. The van der Waals surface area contributed by atoms with Crippen molar-refractivity contribution in [2.45, 2.75) is 12.7 Å². The second kappa shape index (κ2) is 8.68. The van der Waals surface area contributed by atoms with Crippen LogP contribution in [0.2, 0.25) is 10.0 Å². The van der Waals surface area contributed by atoms with Crippen molar-refractivity contribution in [3.05, 3.63) is 69.7 Å². The Morgan fingerprint density at radius 3 is 2.72 bits per heavy atom. The highest BCUT2D eigenvalue weighted by Gasteiger charge is 2.24. The van der Waals surface area contributed by atoms with Gasteiger partial charge < -0.3 is 9.47 Å². The quantitative estimate of drug-likeness (QED) is 0.732. The fraction of sp³-hybridized carbons (Fsp3) is 0.316. The molecule has 0 amide bonds. The van der Waals surface area contributed by atoms with Crippen molar-refractivity contribution in [2.24, 2.45) is 0 Å². The third-order valence-electron chi connectivity index (χ3n) is 4.06. The summed E-state index contributed by atoms with van der Waals surface area (Å²) in [4.78, 5) is 14.1. The number of hydrogen-bond acceptors (Lipinski definition) is 4. The number of nitrogens with zero attached hydrogens (tertiary/aromatic N) is 1. The van der Waals surface area contributed by atoms with Crippen LogP contribution in [0.1, 0.15) is 17.2 Å². The van der Waals surface area contributed by atoms with Crippen molar-refractivity contribution in [2.75, 3.05) is 26.2 Å². The molecule has 1 heterocycles. The van der Waals surface area contributed by atoms with Crippen molar-refractivity contribution < 1.29 is 14.3 Å². The van der Waals surface area contributed by atoms with Gasteiger partial charge in [0.15, 0.2) is 0 Å². The number of halogens is 2. The average Bonchev–Trinajstić information content (AvgIpc) is 2.63. The lowest BCUT2D eigenvalue weighted by Gasteiger charge is -2.32. The molecule has 1 aliphatic heterocycles. The molecule has 0 N–H and O–H groups in total. The van der Waals surface area contributed by atoms with Crippen LogP contribution in [0.25, 0.3) is 0 Å². The Morgan fingerprint density at radius 1 is 1.16 bits per heavy atom. The highest BCUT2D eigenvalue weighted by atomic mass is 35.5. The van der Waals surface area contributed by atoms with Crippen LogP contribution in [0.4, 0.5) is 0 Å². The normalized spacial score (nSPS) is 18.1. The van der Waals surface area contributed by atoms with Gasteiger partial charge in [-0.15, -0.1) is 0 Å². The maximum absolute atomic E-state index is 12.1. The summed E-state index contributed by atoms with van der Waals surface area (Å²) in [6.07, 6.45) is -0.134. The highest BCUT2D eigenvalue weighted by molar-refractivity contribution is 6.42. The molecule has 0 bridgehead atoms. The number of ether oxygens (including phenoxy) is 2. The first-order valence-electron chi connectivity index (χ1n) is 8.10. The predicted molar refractivity (Wildman–Crippen MR) is 97.8 cm³/mol. The molecule has 2 aromatic rings. The molecular formula is C19H19Cl2NO3. The maximum atomic E-state index is 12.1. The number of benzene rings is 2. The summed E-state index contributed by atoms with van der Waals surface area (Å²) in [5, 5.41) is 1.02. The smallest absolute Gasteiger partial charge is 0.320 e. The maximum Gasteiger partial charge on any atom is 0.320 e. The zero-order valence-electron chi connectivity index (χ0n) is 13.7. The Morgan fingerprint density at radius 2 is 1.96 bits per heavy atom. The Hall–Kier alpha value is -1.59. The summed E-state index contributed by atoms with van der Waals surface area (Å²) in [6, 6.07) is 15.1. The van der Waals surface area contributed by atoms with E-state index in [2.05, 4.69) is 0 Å². The van der Waals surface area contributed by atoms with Crippen LogP contribution in [0, 0.1) is 0 Å². The van der Waals surface area contributed by atoms with Gasteiger partial charge in [0, 0.05) is 13.1 Å². The minimum atomic E-state index is -0.237. The second-order valence-electron chi connectivity index (χ2n) is 5.91. The van der Waals surface area contributed by atoms with E-state index in [9.17, 15) is 4.79 Å². The number of esters is 1. The van der Waals surface area contributed by atoms with E-state index >= 15 is 0 Å². The van der Waals surface area contributed by atoms with Gasteiger partial charge in [0.05, 0.1) is 29.3 Å². The van der Waals surface area contributed by atoms with Gasteiger partial charge in [-0.05, 0) is 23.3 Å². The van der Waals surface area contributed by atoms with E-state index in [4.69, 9.17) is 32.7 Å². The van der Waals surface area contributed by atoms with Crippen LogP contribution in [0.3, 0.4) is 0 Å². The van der Waals surface area contributed by atoms with Gasteiger partial charge in [-0.25, -0.2) is 0 Å². The van der Waals surface area contributed by atoms with Crippen LogP contribution in [-0.2, 0) is 20.9 Å². The lowest BCUT2D eigenvalue weighted by atomic mass is 10.1. The standard InChI is InChI=1S/C19H19Cl2NO3/c20-16-7-6-15(10-17(16)21)18-11-22(8-9-24-18)12-19(23)25-13-14-4-2-1-3-5-14/h1-7,10,18H,8-9,11-13H2. The lowest BCUT2D eigenvalue weighted by Crippen LogP contribution is -2.41. The third kappa shape index (κ3) is 5.19. The van der Waals surface area contributed by atoms with Crippen molar-refractivity contribution in [3.63, 3.8) is 0 Å². The molecule has 0 aliphatic carbocycles. The zero-order chi connectivity index (χ0) is 17.6. The largest absolute Gasteiger partial charge is 0.460 e. The zero-order valence-corrected chi connectivity index (χ0v) is 15.2. The number of carbonyl (C=O) groups is 1. The summed E-state index contributed by atoms with van der Waals surface area (Å²) < 4.78 is 11.2. The van der Waals surface area contributed by atoms with E-state index in [0.29, 0.717) is 36.3 Å². The molecule has 1 aliphatic rings. The first kappa shape index (κ1) is 18.2. The molecule has 6 heteroatoms. The van der Waals surface area contributed by atoms with Crippen molar-refractivity contribution in [3.8, 4) is 0 Å². The summed E-state index contributed by atoms with van der Waals surface area (Å²) in [5.41, 5.74) is 1.93. The number of morpholine rings is 1. The first-order valence-corrected chi connectivity index (χ1v) is 8.86. The second-order valence-corrected chi connectivity index (χ2v) is 6.73. The topological polar surface area (TPSA) is 38.8 Å². The Balaban J connectivity index is 1.52. The van der Waals surface area contributed by atoms with Gasteiger partial charge in [-0.3, -0.25) is 9.69 Å². The molecule has 3 rings (SSSR count). The molecule has 25 heavy (non-hydrogen) atoms. The monoisotopic (exact) mass is 379 g/mol. The van der Waals surface area contributed by atoms with E-state index in [0.717, 1.165) is 11.1 Å². The van der Waals surface area contributed by atoms with Crippen LogP contribution >= 0.6 is 23.2 Å². The summed E-state index contributed by atoms with van der Waals surface area (Å²) in [7, 11) is 0.